The van der Waals surface area contributed by atoms with Crippen molar-refractivity contribution in [1.82, 2.24) is 4.98 Å². The molecule has 0 amide bonds. The van der Waals surface area contributed by atoms with Crippen LogP contribution in [-0.2, 0) is 0 Å². The standard InChI is InChI=1S/C23H20N4O3/c1-26(2)18-7-4-15(5-8-18)23-25-20-13-17(6-11-22(20)30-23)24-14-16-12-19(27(3)29)9-10-21(16)28/h4-14H,1-3H3/p+1. The maximum Gasteiger partial charge on any atom is 0.256 e. The number of benzene rings is 3. The first kappa shape index (κ1) is 19.3. The number of oxazole rings is 1. The lowest BCUT2D eigenvalue weighted by atomic mass is 10.2. The van der Waals surface area contributed by atoms with E-state index in [1.807, 2.05) is 61.5 Å². The van der Waals surface area contributed by atoms with E-state index < -0.39 is 0 Å². The number of rotatable bonds is 5. The molecule has 0 atom stereocenters. The minimum absolute atomic E-state index is 0.0512. The molecule has 4 rings (SSSR count). The van der Waals surface area contributed by atoms with Gasteiger partial charge in [0, 0.05) is 58.9 Å². The van der Waals surface area contributed by atoms with Crippen LogP contribution >= 0.6 is 0 Å². The Kier molecular flexibility index (Phi) is 5.02. The van der Waals surface area contributed by atoms with Gasteiger partial charge in [0.2, 0.25) is 5.89 Å². The normalized spacial score (nSPS) is 11.3. The van der Waals surface area contributed by atoms with Gasteiger partial charge < -0.3 is 14.4 Å². The summed E-state index contributed by atoms with van der Waals surface area (Å²) >= 11 is 0. The van der Waals surface area contributed by atoms with Crippen molar-refractivity contribution < 1.29 is 14.3 Å². The maximum atomic E-state index is 11.5. The monoisotopic (exact) mass is 401 g/mol. The number of anilines is 1. The van der Waals surface area contributed by atoms with Crippen LogP contribution in [0, 0.1) is 4.91 Å². The van der Waals surface area contributed by atoms with Gasteiger partial charge in [-0.1, -0.05) is 0 Å². The Hall–Kier alpha value is -4.00. The summed E-state index contributed by atoms with van der Waals surface area (Å²) in [5.41, 5.74) is 4.90. The highest BCUT2D eigenvalue weighted by Crippen LogP contribution is 2.29. The molecule has 0 aliphatic heterocycles. The van der Waals surface area contributed by atoms with Crippen LogP contribution in [0.2, 0.25) is 0 Å². The number of aromatic hydroxyl groups is 1. The molecule has 1 heterocycles. The molecule has 1 aromatic heterocycles. The van der Waals surface area contributed by atoms with E-state index in [1.54, 1.807) is 12.1 Å². The van der Waals surface area contributed by atoms with Crippen LogP contribution in [0.25, 0.3) is 22.6 Å². The van der Waals surface area contributed by atoms with Crippen LogP contribution in [0.3, 0.4) is 0 Å². The fraction of sp³-hybridized carbons (Fsp3) is 0.130. The van der Waals surface area contributed by atoms with Crippen molar-refractivity contribution in [3.8, 4) is 17.2 Å². The number of hydrogen-bond acceptors (Lipinski definition) is 6. The van der Waals surface area contributed by atoms with Crippen molar-refractivity contribution in [1.29, 1.82) is 0 Å². The molecule has 0 saturated heterocycles. The summed E-state index contributed by atoms with van der Waals surface area (Å²) in [5, 5.41) is 10.0. The SMILES string of the molecule is CN(C)c1ccc(-c2nc3cc(N=Cc4cc([N+](C)=O)ccc4O)ccc3o2)cc1. The van der Waals surface area contributed by atoms with E-state index in [0.717, 1.165) is 16.0 Å². The van der Waals surface area contributed by atoms with Gasteiger partial charge in [-0.15, -0.1) is 0 Å². The van der Waals surface area contributed by atoms with Crippen molar-refractivity contribution in [2.75, 3.05) is 26.0 Å². The van der Waals surface area contributed by atoms with Gasteiger partial charge in [0.1, 0.15) is 11.3 Å². The van der Waals surface area contributed by atoms with Crippen LogP contribution < -0.4 is 4.90 Å². The first-order valence-electron chi connectivity index (χ1n) is 9.37. The molecule has 3 aromatic carbocycles. The van der Waals surface area contributed by atoms with Crippen molar-refractivity contribution in [2.24, 2.45) is 4.99 Å². The van der Waals surface area contributed by atoms with Gasteiger partial charge in [0.15, 0.2) is 12.6 Å². The lowest BCUT2D eigenvalue weighted by molar-refractivity contribution is -0.428. The van der Waals surface area contributed by atoms with E-state index in [4.69, 9.17) is 4.42 Å². The highest BCUT2D eigenvalue weighted by atomic mass is 16.3. The van der Waals surface area contributed by atoms with Crippen LogP contribution in [-0.4, -0.2) is 42.2 Å². The summed E-state index contributed by atoms with van der Waals surface area (Å²) in [7, 11) is 5.38. The number of nitroso groups, excluding NO2 is 1. The largest absolute Gasteiger partial charge is 0.507 e. The molecule has 0 saturated carbocycles. The van der Waals surface area contributed by atoms with E-state index >= 15 is 0 Å². The average molecular weight is 401 g/mol. The lowest BCUT2D eigenvalue weighted by Gasteiger charge is -2.11. The van der Waals surface area contributed by atoms with Crippen LogP contribution in [0.15, 0.2) is 70.1 Å². The summed E-state index contributed by atoms with van der Waals surface area (Å²) in [6.45, 7) is 0. The zero-order valence-corrected chi connectivity index (χ0v) is 16.9. The summed E-state index contributed by atoms with van der Waals surface area (Å²) in [6.07, 6.45) is 1.52. The van der Waals surface area contributed by atoms with Crippen molar-refractivity contribution >= 4 is 34.4 Å². The summed E-state index contributed by atoms with van der Waals surface area (Å²) < 4.78 is 6.60. The van der Waals surface area contributed by atoms with E-state index in [-0.39, 0.29) is 5.75 Å². The van der Waals surface area contributed by atoms with Crippen molar-refractivity contribution in [2.45, 2.75) is 0 Å². The van der Waals surface area contributed by atoms with Crippen molar-refractivity contribution in [3.05, 3.63) is 71.1 Å². The minimum atomic E-state index is 0.0512. The smallest absolute Gasteiger partial charge is 0.256 e. The third-order valence-electron chi connectivity index (χ3n) is 4.73. The Labute approximate surface area is 173 Å². The van der Waals surface area contributed by atoms with Gasteiger partial charge >= 0.3 is 0 Å². The van der Waals surface area contributed by atoms with Crippen LogP contribution in [0.1, 0.15) is 5.56 Å². The summed E-state index contributed by atoms with van der Waals surface area (Å²) in [5.74, 6) is 0.593. The molecule has 30 heavy (non-hydrogen) atoms. The third kappa shape index (κ3) is 3.91. The summed E-state index contributed by atoms with van der Waals surface area (Å²) in [6, 6.07) is 18.0. The molecule has 150 valence electrons. The molecular weight excluding hydrogens is 380 g/mol. The Morgan fingerprint density at radius 1 is 1.07 bits per heavy atom. The molecule has 0 spiro atoms. The third-order valence-corrected chi connectivity index (χ3v) is 4.73. The first-order valence-corrected chi connectivity index (χ1v) is 9.37. The number of nitrogens with zero attached hydrogens (tertiary/aromatic N) is 4. The van der Waals surface area contributed by atoms with Gasteiger partial charge in [0.05, 0.1) is 5.69 Å². The molecule has 0 aliphatic rings. The topological polar surface area (TPSA) is 81.9 Å². The fourth-order valence-electron chi connectivity index (χ4n) is 3.01. The fourth-order valence-corrected chi connectivity index (χ4v) is 3.01. The van der Waals surface area contributed by atoms with Crippen LogP contribution in [0.4, 0.5) is 17.1 Å². The number of phenolic OH excluding ortho intramolecular Hbond substituents is 1. The molecule has 0 fully saturated rings. The zero-order chi connectivity index (χ0) is 21.3. The number of hydrogen-bond donors (Lipinski definition) is 1. The van der Waals surface area contributed by atoms with Gasteiger partial charge in [-0.25, -0.2) is 4.98 Å². The zero-order valence-electron chi connectivity index (χ0n) is 16.9. The lowest BCUT2D eigenvalue weighted by Crippen LogP contribution is -2.07. The number of phenols is 1. The number of fused-ring (bicyclic) bond motifs is 1. The Morgan fingerprint density at radius 2 is 1.83 bits per heavy atom. The van der Waals surface area contributed by atoms with Gasteiger partial charge in [-0.3, -0.25) is 4.99 Å². The Morgan fingerprint density at radius 3 is 2.53 bits per heavy atom. The van der Waals surface area contributed by atoms with Gasteiger partial charge in [-0.05, 0) is 48.5 Å². The molecule has 4 aromatic rings. The second-order valence-electron chi connectivity index (χ2n) is 7.11. The Bertz CT molecular complexity index is 1260. The molecule has 7 heteroatoms. The maximum absolute atomic E-state index is 11.5. The van der Waals surface area contributed by atoms with Crippen molar-refractivity contribution in [3.63, 3.8) is 0 Å². The molecular formula is C23H21N4O3+. The molecule has 0 bridgehead atoms. The highest BCUT2D eigenvalue weighted by Gasteiger charge is 2.11. The van der Waals surface area contributed by atoms with E-state index in [2.05, 4.69) is 9.98 Å². The van der Waals surface area contributed by atoms with Gasteiger partial charge in [0.25, 0.3) is 5.69 Å². The first-order chi connectivity index (χ1) is 14.4. The minimum Gasteiger partial charge on any atom is -0.507 e. The molecule has 0 aliphatic carbocycles. The quantitative estimate of drug-likeness (QED) is 0.373. The molecule has 1 N–H and O–H groups in total. The average Bonchev–Trinajstić information content (AvgIpc) is 3.16. The second-order valence-corrected chi connectivity index (χ2v) is 7.11. The summed E-state index contributed by atoms with van der Waals surface area (Å²) in [4.78, 5) is 22.5. The number of aliphatic imine (C=N–C) groups is 1. The highest BCUT2D eigenvalue weighted by molar-refractivity contribution is 5.87. The second kappa shape index (κ2) is 7.79. The molecule has 7 nitrogen and oxygen atoms in total. The van der Waals surface area contributed by atoms with E-state index in [9.17, 15) is 10.0 Å². The molecule has 0 unspecified atom stereocenters. The van der Waals surface area contributed by atoms with Gasteiger partial charge in [-0.2, -0.15) is 0 Å². The van der Waals surface area contributed by atoms with Crippen LogP contribution in [0.5, 0.6) is 5.75 Å². The van der Waals surface area contributed by atoms with E-state index in [1.165, 1.54) is 19.3 Å². The predicted octanol–water partition coefficient (Wildman–Crippen LogP) is 5.06. The number of aromatic nitrogens is 1. The Balaban J connectivity index is 1.62. The molecule has 0 radical (unpaired) electrons. The van der Waals surface area contributed by atoms with E-state index in [0.29, 0.717) is 33.9 Å². The predicted molar refractivity (Wildman–Crippen MR) is 118 cm³/mol.